The second kappa shape index (κ2) is 7.70. The fraction of sp³-hybridized carbons (Fsp3) is 0.545. The lowest BCUT2D eigenvalue weighted by molar-refractivity contribution is 0.0602. The van der Waals surface area contributed by atoms with Crippen molar-refractivity contribution in [3.63, 3.8) is 0 Å². The molecule has 1 heterocycles. The predicted molar refractivity (Wildman–Crippen MR) is 73.4 cm³/mol. The number of aliphatic hydroxyl groups is 1. The smallest absolute Gasteiger partial charge is 0.349 e. The van der Waals surface area contributed by atoms with E-state index in [4.69, 9.17) is 9.84 Å². The molecule has 0 aliphatic heterocycles. The molecule has 0 saturated carbocycles. The van der Waals surface area contributed by atoms with Crippen molar-refractivity contribution in [2.75, 3.05) is 40.5 Å². The first-order valence-corrected chi connectivity index (χ1v) is 8.06. The minimum absolute atomic E-state index is 0.0212. The van der Waals surface area contributed by atoms with Crippen LogP contribution in [0.3, 0.4) is 0 Å². The molecule has 114 valence electrons. The Bertz CT molecular complexity index is 539. The Hall–Kier alpha value is -1.00. The molecule has 0 unspecified atom stereocenters. The lowest BCUT2D eigenvalue weighted by Gasteiger charge is -2.20. The third kappa shape index (κ3) is 3.76. The summed E-state index contributed by atoms with van der Waals surface area (Å²) >= 11 is 0.994. The molecule has 0 aromatic carbocycles. The van der Waals surface area contributed by atoms with Crippen LogP contribution in [0.2, 0.25) is 0 Å². The van der Waals surface area contributed by atoms with Crippen LogP contribution in [-0.2, 0) is 19.5 Å². The van der Waals surface area contributed by atoms with Crippen molar-refractivity contribution < 1.29 is 27.8 Å². The fourth-order valence-corrected chi connectivity index (χ4v) is 4.26. The molecule has 0 saturated heterocycles. The molecule has 0 fully saturated rings. The van der Waals surface area contributed by atoms with Crippen LogP contribution < -0.4 is 0 Å². The standard InChI is InChI=1S/C11H17NO6S2/c1-17-7-5-12(4-6-13)20(15,16)9-3-8-19-10(9)11(14)18-2/h3,8,13H,4-7H2,1-2H3. The number of rotatable bonds is 8. The molecule has 1 aromatic heterocycles. The van der Waals surface area contributed by atoms with Crippen LogP contribution in [0.5, 0.6) is 0 Å². The van der Waals surface area contributed by atoms with Crippen molar-refractivity contribution in [2.24, 2.45) is 0 Å². The number of carbonyl (C=O) groups is 1. The molecule has 0 atom stereocenters. The van der Waals surface area contributed by atoms with E-state index in [0.717, 1.165) is 15.6 Å². The van der Waals surface area contributed by atoms with E-state index in [1.165, 1.54) is 25.7 Å². The topological polar surface area (TPSA) is 93.1 Å². The number of carbonyl (C=O) groups excluding carboxylic acids is 1. The van der Waals surface area contributed by atoms with E-state index < -0.39 is 16.0 Å². The fourth-order valence-electron chi connectivity index (χ4n) is 1.54. The van der Waals surface area contributed by atoms with Crippen molar-refractivity contribution in [1.82, 2.24) is 4.31 Å². The van der Waals surface area contributed by atoms with Gasteiger partial charge in [-0.3, -0.25) is 0 Å². The van der Waals surface area contributed by atoms with Crippen LogP contribution >= 0.6 is 11.3 Å². The maximum Gasteiger partial charge on any atom is 0.349 e. The normalized spacial score (nSPS) is 11.8. The van der Waals surface area contributed by atoms with Gasteiger partial charge in [-0.25, -0.2) is 13.2 Å². The molecule has 7 nitrogen and oxygen atoms in total. The van der Waals surface area contributed by atoms with Crippen LogP contribution in [0.15, 0.2) is 16.3 Å². The van der Waals surface area contributed by atoms with Gasteiger partial charge in [0.05, 0.1) is 20.3 Å². The summed E-state index contributed by atoms with van der Waals surface area (Å²) in [4.78, 5) is 11.5. The van der Waals surface area contributed by atoms with Crippen molar-refractivity contribution in [2.45, 2.75) is 4.90 Å². The number of esters is 1. The third-order valence-electron chi connectivity index (χ3n) is 2.51. The molecule has 0 amide bonds. The highest BCUT2D eigenvalue weighted by Crippen LogP contribution is 2.25. The van der Waals surface area contributed by atoms with Crippen LogP contribution in [0.1, 0.15) is 9.67 Å². The summed E-state index contributed by atoms with van der Waals surface area (Å²) in [5, 5.41) is 10.5. The van der Waals surface area contributed by atoms with Gasteiger partial charge in [-0.1, -0.05) is 0 Å². The zero-order valence-electron chi connectivity index (χ0n) is 11.2. The highest BCUT2D eigenvalue weighted by molar-refractivity contribution is 7.89. The van der Waals surface area contributed by atoms with Crippen molar-refractivity contribution in [1.29, 1.82) is 0 Å². The molecule has 20 heavy (non-hydrogen) atoms. The van der Waals surface area contributed by atoms with Crippen LogP contribution in [-0.4, -0.2) is 64.3 Å². The van der Waals surface area contributed by atoms with Crippen molar-refractivity contribution in [3.8, 4) is 0 Å². The van der Waals surface area contributed by atoms with Gasteiger partial charge in [0, 0.05) is 20.2 Å². The van der Waals surface area contributed by atoms with Crippen molar-refractivity contribution in [3.05, 3.63) is 16.3 Å². The van der Waals surface area contributed by atoms with Gasteiger partial charge in [0.15, 0.2) is 0 Å². The van der Waals surface area contributed by atoms with Crippen LogP contribution in [0, 0.1) is 0 Å². The number of sulfonamides is 1. The monoisotopic (exact) mass is 323 g/mol. The lowest BCUT2D eigenvalue weighted by atomic mass is 10.5. The quantitative estimate of drug-likeness (QED) is 0.685. The lowest BCUT2D eigenvalue weighted by Crippen LogP contribution is -2.36. The average molecular weight is 323 g/mol. The van der Waals surface area contributed by atoms with Gasteiger partial charge in [-0.05, 0) is 11.4 Å². The van der Waals surface area contributed by atoms with E-state index in [0.29, 0.717) is 0 Å². The number of hydrogen-bond donors (Lipinski definition) is 1. The third-order valence-corrected chi connectivity index (χ3v) is 5.48. The zero-order chi connectivity index (χ0) is 15.2. The molecule has 0 bridgehead atoms. The summed E-state index contributed by atoms with van der Waals surface area (Å²) in [6.07, 6.45) is 0. The van der Waals surface area contributed by atoms with Gasteiger partial charge in [-0.2, -0.15) is 4.31 Å². The van der Waals surface area contributed by atoms with Gasteiger partial charge in [0.2, 0.25) is 10.0 Å². The Kier molecular flexibility index (Phi) is 6.56. The minimum Gasteiger partial charge on any atom is -0.465 e. The second-order valence-electron chi connectivity index (χ2n) is 3.73. The van der Waals surface area contributed by atoms with E-state index in [-0.39, 0.29) is 36.1 Å². The molecule has 0 aliphatic rings. The first-order valence-electron chi connectivity index (χ1n) is 5.74. The summed E-state index contributed by atoms with van der Waals surface area (Å²) in [5.74, 6) is -0.700. The van der Waals surface area contributed by atoms with Gasteiger partial charge in [0.25, 0.3) is 0 Å². The molecule has 1 N–H and O–H groups in total. The van der Waals surface area contributed by atoms with Gasteiger partial charge in [0.1, 0.15) is 9.77 Å². The zero-order valence-corrected chi connectivity index (χ0v) is 12.9. The molecule has 0 spiro atoms. The first kappa shape index (κ1) is 17.1. The molecule has 0 aliphatic carbocycles. The second-order valence-corrected chi connectivity index (χ2v) is 6.55. The van der Waals surface area contributed by atoms with E-state index >= 15 is 0 Å². The summed E-state index contributed by atoms with van der Waals surface area (Å²) in [6.45, 7) is -0.102. The average Bonchev–Trinajstić information content (AvgIpc) is 2.92. The highest BCUT2D eigenvalue weighted by atomic mass is 32.2. The summed E-state index contributed by atoms with van der Waals surface area (Å²) in [6, 6.07) is 1.35. The van der Waals surface area contributed by atoms with E-state index in [1.54, 1.807) is 0 Å². The Morgan fingerprint density at radius 1 is 1.40 bits per heavy atom. The van der Waals surface area contributed by atoms with Crippen molar-refractivity contribution >= 4 is 27.3 Å². The largest absolute Gasteiger partial charge is 0.465 e. The molecular formula is C11H17NO6S2. The van der Waals surface area contributed by atoms with E-state index in [1.807, 2.05) is 0 Å². The Morgan fingerprint density at radius 3 is 2.65 bits per heavy atom. The number of nitrogens with zero attached hydrogens (tertiary/aromatic N) is 1. The van der Waals surface area contributed by atoms with Gasteiger partial charge >= 0.3 is 5.97 Å². The number of methoxy groups -OCH3 is 2. The van der Waals surface area contributed by atoms with Crippen LogP contribution in [0.4, 0.5) is 0 Å². The van der Waals surface area contributed by atoms with Gasteiger partial charge in [-0.15, -0.1) is 11.3 Å². The SMILES string of the molecule is COCCN(CCO)S(=O)(=O)c1ccsc1C(=O)OC. The predicted octanol–water partition coefficient (Wildman–Crippen LogP) is 0.164. The van der Waals surface area contributed by atoms with E-state index in [2.05, 4.69) is 4.74 Å². The van der Waals surface area contributed by atoms with E-state index in [9.17, 15) is 13.2 Å². The highest BCUT2D eigenvalue weighted by Gasteiger charge is 2.30. The Morgan fingerprint density at radius 2 is 2.10 bits per heavy atom. The molecular weight excluding hydrogens is 306 g/mol. The maximum absolute atomic E-state index is 12.5. The molecule has 1 rings (SSSR count). The number of thiophene rings is 1. The maximum atomic E-state index is 12.5. The number of hydrogen-bond acceptors (Lipinski definition) is 7. The summed E-state index contributed by atoms with van der Waals surface area (Å²) < 4.78 is 35.5. The summed E-state index contributed by atoms with van der Waals surface area (Å²) in [5.41, 5.74) is 0. The van der Waals surface area contributed by atoms with Crippen LogP contribution in [0.25, 0.3) is 0 Å². The Labute approximate surface area is 121 Å². The minimum atomic E-state index is -3.87. The number of ether oxygens (including phenoxy) is 2. The molecule has 9 heteroatoms. The number of aliphatic hydroxyl groups excluding tert-OH is 1. The molecule has 0 radical (unpaired) electrons. The Balaban J connectivity index is 3.13. The van der Waals surface area contributed by atoms with Gasteiger partial charge < -0.3 is 14.6 Å². The molecule has 1 aromatic rings. The summed E-state index contributed by atoms with van der Waals surface area (Å²) in [7, 11) is -1.23. The first-order chi connectivity index (χ1) is 9.48.